The Morgan fingerprint density at radius 2 is 2.31 bits per heavy atom. The predicted octanol–water partition coefficient (Wildman–Crippen LogP) is -0.107. The van der Waals surface area contributed by atoms with Crippen molar-refractivity contribution in [1.29, 1.82) is 0 Å². The number of nitrogens with one attached hydrogen (secondary N) is 2. The predicted molar refractivity (Wildman–Crippen MR) is 40.9 cm³/mol. The van der Waals surface area contributed by atoms with Crippen molar-refractivity contribution in [3.8, 4) is 11.5 Å². The lowest BCUT2D eigenvalue weighted by Crippen LogP contribution is -1.99. The van der Waals surface area contributed by atoms with Crippen LogP contribution >= 0.6 is 0 Å². The molecule has 2 aromatic heterocycles. The molecule has 0 amide bonds. The maximum absolute atomic E-state index is 10.6. The summed E-state index contributed by atoms with van der Waals surface area (Å²) < 4.78 is 0. The van der Waals surface area contributed by atoms with Crippen molar-refractivity contribution >= 4 is 5.97 Å². The fourth-order valence-electron chi connectivity index (χ4n) is 0.956. The Morgan fingerprint density at radius 3 is 2.92 bits per heavy atom. The molecule has 0 radical (unpaired) electrons. The number of rotatable bonds is 2. The number of imidazole rings is 1. The highest BCUT2D eigenvalue weighted by atomic mass is 16.4. The molecule has 0 saturated heterocycles. The molecule has 2 aromatic rings. The molecular weight excluding hydrogens is 174 g/mol. The lowest BCUT2D eigenvalue weighted by molar-refractivity contribution is 0.0692. The highest BCUT2D eigenvalue weighted by molar-refractivity contribution is 5.91. The van der Waals surface area contributed by atoms with E-state index >= 15 is 0 Å². The maximum atomic E-state index is 10.6. The standard InChI is InChI=1S/C6H5N5O2/c12-6(13)4-3(7-1-8-4)5-9-2-10-11-5/h1-2H,(H,7,8)(H,12,13)(H,9,10,11). The lowest BCUT2D eigenvalue weighted by Gasteiger charge is -1.91. The molecule has 0 bridgehead atoms. The Hall–Kier alpha value is -2.18. The number of aromatic carboxylic acids is 1. The summed E-state index contributed by atoms with van der Waals surface area (Å²) in [6.45, 7) is 0. The summed E-state index contributed by atoms with van der Waals surface area (Å²) in [5, 5.41) is 14.8. The zero-order valence-electron chi connectivity index (χ0n) is 6.35. The van der Waals surface area contributed by atoms with Gasteiger partial charge in [0, 0.05) is 0 Å². The third kappa shape index (κ3) is 1.15. The summed E-state index contributed by atoms with van der Waals surface area (Å²) in [4.78, 5) is 20.7. The molecular formula is C6H5N5O2. The average Bonchev–Trinajstić information content (AvgIpc) is 2.74. The van der Waals surface area contributed by atoms with Crippen LogP contribution in [0.25, 0.3) is 11.5 Å². The van der Waals surface area contributed by atoms with Crippen LogP contribution in [0.2, 0.25) is 0 Å². The summed E-state index contributed by atoms with van der Waals surface area (Å²) in [6.07, 6.45) is 2.58. The Morgan fingerprint density at radius 1 is 1.46 bits per heavy atom. The fourth-order valence-corrected chi connectivity index (χ4v) is 0.956. The first kappa shape index (κ1) is 7.47. The van der Waals surface area contributed by atoms with Crippen LogP contribution in [0.4, 0.5) is 0 Å². The van der Waals surface area contributed by atoms with Crippen LogP contribution < -0.4 is 0 Å². The minimum absolute atomic E-state index is 0.00301. The number of nitrogens with zero attached hydrogens (tertiary/aromatic N) is 3. The van der Waals surface area contributed by atoms with Gasteiger partial charge in [0.05, 0.1) is 6.33 Å². The van der Waals surface area contributed by atoms with Crippen molar-refractivity contribution in [2.75, 3.05) is 0 Å². The number of carboxylic acid groups (broad SMARTS) is 1. The van der Waals surface area contributed by atoms with Gasteiger partial charge in [-0.2, -0.15) is 5.10 Å². The first-order chi connectivity index (χ1) is 6.29. The third-order valence-corrected chi connectivity index (χ3v) is 1.49. The van der Waals surface area contributed by atoms with Gasteiger partial charge in [0.1, 0.15) is 12.0 Å². The highest BCUT2D eigenvalue weighted by Gasteiger charge is 2.16. The summed E-state index contributed by atoms with van der Waals surface area (Å²) in [7, 11) is 0. The van der Waals surface area contributed by atoms with Crippen LogP contribution in [0, 0.1) is 0 Å². The van der Waals surface area contributed by atoms with Crippen molar-refractivity contribution in [2.45, 2.75) is 0 Å². The van der Waals surface area contributed by atoms with Crippen molar-refractivity contribution in [1.82, 2.24) is 25.1 Å². The lowest BCUT2D eigenvalue weighted by atomic mass is 10.3. The second-order valence-corrected chi connectivity index (χ2v) is 2.27. The summed E-state index contributed by atoms with van der Waals surface area (Å²) in [5.74, 6) is -0.748. The van der Waals surface area contributed by atoms with E-state index in [-0.39, 0.29) is 11.4 Å². The number of hydrogen-bond donors (Lipinski definition) is 3. The zero-order chi connectivity index (χ0) is 9.26. The molecule has 0 aliphatic heterocycles. The zero-order valence-corrected chi connectivity index (χ0v) is 6.35. The van der Waals surface area contributed by atoms with Gasteiger partial charge in [-0.3, -0.25) is 5.10 Å². The molecule has 7 nitrogen and oxygen atoms in total. The van der Waals surface area contributed by atoms with E-state index in [2.05, 4.69) is 25.1 Å². The first-order valence-corrected chi connectivity index (χ1v) is 3.41. The quantitative estimate of drug-likeness (QED) is 0.596. The molecule has 0 aliphatic carbocycles. The van der Waals surface area contributed by atoms with E-state index in [1.165, 1.54) is 12.7 Å². The third-order valence-electron chi connectivity index (χ3n) is 1.49. The van der Waals surface area contributed by atoms with Crippen LogP contribution in [0.3, 0.4) is 0 Å². The normalized spacial score (nSPS) is 10.2. The van der Waals surface area contributed by atoms with Crippen LogP contribution in [0.1, 0.15) is 10.5 Å². The number of carbonyl (C=O) groups is 1. The molecule has 0 fully saturated rings. The van der Waals surface area contributed by atoms with Gasteiger partial charge >= 0.3 is 5.97 Å². The molecule has 0 atom stereocenters. The number of hydrogen-bond acceptors (Lipinski definition) is 4. The summed E-state index contributed by atoms with van der Waals surface area (Å²) >= 11 is 0. The molecule has 13 heavy (non-hydrogen) atoms. The maximum Gasteiger partial charge on any atom is 0.354 e. The number of aromatic amines is 2. The second-order valence-electron chi connectivity index (χ2n) is 2.27. The van der Waals surface area contributed by atoms with Crippen LogP contribution in [0.15, 0.2) is 12.7 Å². The Bertz CT molecular complexity index is 418. The molecule has 2 rings (SSSR count). The topological polar surface area (TPSA) is 108 Å². The molecule has 0 spiro atoms. The minimum atomic E-state index is -1.08. The van der Waals surface area contributed by atoms with Crippen molar-refractivity contribution < 1.29 is 9.90 Å². The van der Waals surface area contributed by atoms with Crippen LogP contribution in [-0.2, 0) is 0 Å². The molecule has 0 saturated carbocycles. The smallest absolute Gasteiger partial charge is 0.354 e. The SMILES string of the molecule is O=C(O)c1[nH]cnc1-c1ncn[nH]1. The molecule has 2 heterocycles. The second kappa shape index (κ2) is 2.70. The van der Waals surface area contributed by atoms with E-state index < -0.39 is 5.97 Å². The van der Waals surface area contributed by atoms with Gasteiger partial charge in [-0.05, 0) is 0 Å². The van der Waals surface area contributed by atoms with Crippen LogP contribution in [0.5, 0.6) is 0 Å². The Labute approximate surface area is 71.9 Å². The van der Waals surface area contributed by atoms with Gasteiger partial charge in [0.25, 0.3) is 0 Å². The number of H-pyrrole nitrogens is 2. The van der Waals surface area contributed by atoms with Crippen molar-refractivity contribution in [2.24, 2.45) is 0 Å². The van der Waals surface area contributed by atoms with E-state index in [4.69, 9.17) is 5.11 Å². The van der Waals surface area contributed by atoms with Gasteiger partial charge in [0.2, 0.25) is 0 Å². The molecule has 0 unspecified atom stereocenters. The molecule has 0 aliphatic rings. The molecule has 0 aromatic carbocycles. The minimum Gasteiger partial charge on any atom is -0.477 e. The van der Waals surface area contributed by atoms with Gasteiger partial charge in [-0.1, -0.05) is 0 Å². The Kier molecular flexibility index (Phi) is 1.55. The fraction of sp³-hybridized carbons (Fsp3) is 0. The van der Waals surface area contributed by atoms with Gasteiger partial charge in [-0.25, -0.2) is 14.8 Å². The largest absolute Gasteiger partial charge is 0.477 e. The average molecular weight is 179 g/mol. The van der Waals surface area contributed by atoms with E-state index in [0.717, 1.165) is 0 Å². The Balaban J connectivity index is 2.52. The van der Waals surface area contributed by atoms with E-state index in [1.807, 2.05) is 0 Å². The van der Waals surface area contributed by atoms with E-state index in [1.54, 1.807) is 0 Å². The summed E-state index contributed by atoms with van der Waals surface area (Å²) in [5.41, 5.74) is 0.252. The molecule has 66 valence electrons. The van der Waals surface area contributed by atoms with E-state index in [0.29, 0.717) is 5.82 Å². The van der Waals surface area contributed by atoms with Crippen molar-refractivity contribution in [3.63, 3.8) is 0 Å². The monoisotopic (exact) mass is 179 g/mol. The van der Waals surface area contributed by atoms with Gasteiger partial charge < -0.3 is 10.1 Å². The number of aromatic nitrogens is 5. The highest BCUT2D eigenvalue weighted by Crippen LogP contribution is 2.14. The van der Waals surface area contributed by atoms with Gasteiger partial charge in [0.15, 0.2) is 11.5 Å². The van der Waals surface area contributed by atoms with Crippen molar-refractivity contribution in [3.05, 3.63) is 18.3 Å². The molecule has 3 N–H and O–H groups in total. The van der Waals surface area contributed by atoms with Gasteiger partial charge in [-0.15, -0.1) is 0 Å². The number of carboxylic acids is 1. The van der Waals surface area contributed by atoms with E-state index in [9.17, 15) is 4.79 Å². The molecule has 7 heteroatoms. The first-order valence-electron chi connectivity index (χ1n) is 3.41. The summed E-state index contributed by atoms with van der Waals surface area (Å²) in [6, 6.07) is 0. The van der Waals surface area contributed by atoms with Crippen LogP contribution in [-0.4, -0.2) is 36.2 Å².